The van der Waals surface area contributed by atoms with Gasteiger partial charge in [0.05, 0.1) is 40.3 Å². The van der Waals surface area contributed by atoms with Crippen LogP contribution >= 0.6 is 23.2 Å². The Bertz CT molecular complexity index is 1190. The average Bonchev–Trinajstić information content (AvgIpc) is 3.13. The molecule has 0 aliphatic carbocycles. The second kappa shape index (κ2) is 7.29. The van der Waals surface area contributed by atoms with E-state index in [1.165, 1.54) is 5.56 Å². The number of nitrogens with one attached hydrogen (secondary N) is 1. The van der Waals surface area contributed by atoms with Gasteiger partial charge in [0, 0.05) is 0 Å². The zero-order valence-electron chi connectivity index (χ0n) is 15.8. The van der Waals surface area contributed by atoms with Crippen LogP contribution in [-0.4, -0.2) is 16.7 Å². The van der Waals surface area contributed by atoms with Gasteiger partial charge in [-0.15, -0.1) is 0 Å². The number of methoxy groups -OCH3 is 1. The molecule has 0 saturated carbocycles. The Morgan fingerprint density at radius 1 is 0.966 bits per heavy atom. The lowest BCUT2D eigenvalue weighted by Crippen LogP contribution is -2.27. The molecule has 1 aromatic heterocycles. The summed E-state index contributed by atoms with van der Waals surface area (Å²) in [6, 6.07) is 22.5. The van der Waals surface area contributed by atoms with E-state index in [9.17, 15) is 0 Å². The molecule has 29 heavy (non-hydrogen) atoms. The lowest BCUT2D eigenvalue weighted by atomic mass is 9.93. The number of ether oxygens (including phenoxy) is 1. The molecule has 5 rings (SSSR count). The van der Waals surface area contributed by atoms with Crippen molar-refractivity contribution in [2.24, 2.45) is 0 Å². The van der Waals surface area contributed by atoms with Crippen molar-refractivity contribution in [1.29, 1.82) is 0 Å². The number of para-hydroxylation sites is 2. The van der Waals surface area contributed by atoms with Crippen LogP contribution in [-0.2, 0) is 0 Å². The summed E-state index contributed by atoms with van der Waals surface area (Å²) in [5.74, 6) is 1.70. The number of rotatable bonds is 3. The summed E-state index contributed by atoms with van der Waals surface area (Å²) in [4.78, 5) is 4.85. The number of halogens is 2. The third kappa shape index (κ3) is 3.22. The predicted octanol–water partition coefficient (Wildman–Crippen LogP) is 6.50. The lowest BCUT2D eigenvalue weighted by molar-refractivity contribution is 0.414. The maximum Gasteiger partial charge on any atom is 0.204 e. The highest BCUT2D eigenvalue weighted by atomic mass is 35.5. The fourth-order valence-corrected chi connectivity index (χ4v) is 4.37. The van der Waals surface area contributed by atoms with Gasteiger partial charge in [-0.1, -0.05) is 53.5 Å². The van der Waals surface area contributed by atoms with Crippen LogP contribution in [0.3, 0.4) is 0 Å². The molecule has 0 spiro atoms. The van der Waals surface area contributed by atoms with Crippen LogP contribution in [0.4, 0.5) is 5.95 Å². The van der Waals surface area contributed by atoms with Gasteiger partial charge in [-0.2, -0.15) is 0 Å². The van der Waals surface area contributed by atoms with Gasteiger partial charge in [0.2, 0.25) is 5.95 Å². The molecule has 0 saturated heterocycles. The van der Waals surface area contributed by atoms with Crippen LogP contribution in [0.1, 0.15) is 29.6 Å². The molecular weight excluding hydrogens is 405 g/mol. The molecular formula is C23H19Cl2N3O. The van der Waals surface area contributed by atoms with Crippen molar-refractivity contribution in [2.45, 2.75) is 18.5 Å². The van der Waals surface area contributed by atoms with Gasteiger partial charge in [0.1, 0.15) is 5.75 Å². The third-order valence-corrected chi connectivity index (χ3v) is 6.26. The van der Waals surface area contributed by atoms with E-state index in [0.717, 1.165) is 34.7 Å². The first kappa shape index (κ1) is 18.3. The zero-order valence-corrected chi connectivity index (χ0v) is 17.3. The van der Waals surface area contributed by atoms with Crippen molar-refractivity contribution in [1.82, 2.24) is 9.55 Å². The number of nitrogens with zero attached hydrogens (tertiary/aromatic N) is 2. The predicted molar refractivity (Wildman–Crippen MR) is 118 cm³/mol. The Kier molecular flexibility index (Phi) is 4.61. The molecule has 2 unspecified atom stereocenters. The standard InChI is InChI=1S/C23H19Cl2N3O/c1-29-16-9-6-14(7-10-16)22-13-20(15-8-11-17(24)18(25)12-15)27-23-26-19-4-2-3-5-21(19)28(22)23/h2-12,20,22H,13H2,1H3,(H,26,27). The minimum Gasteiger partial charge on any atom is -0.497 e. The van der Waals surface area contributed by atoms with E-state index < -0.39 is 0 Å². The number of fused-ring (bicyclic) bond motifs is 3. The molecule has 4 nitrogen and oxygen atoms in total. The van der Waals surface area contributed by atoms with Gasteiger partial charge < -0.3 is 14.6 Å². The Labute approximate surface area is 179 Å². The highest BCUT2D eigenvalue weighted by Crippen LogP contribution is 2.42. The molecule has 1 N–H and O–H groups in total. The SMILES string of the molecule is COc1ccc(C2CC(c3ccc(Cl)c(Cl)c3)Nc3nc4ccccc4n32)cc1. The molecule has 1 aliphatic rings. The Balaban J connectivity index is 1.63. The van der Waals surface area contributed by atoms with Crippen molar-refractivity contribution in [3.05, 3.63) is 87.9 Å². The molecule has 0 amide bonds. The largest absolute Gasteiger partial charge is 0.497 e. The van der Waals surface area contributed by atoms with Crippen molar-refractivity contribution in [2.75, 3.05) is 12.4 Å². The number of anilines is 1. The van der Waals surface area contributed by atoms with Crippen LogP contribution in [0.5, 0.6) is 5.75 Å². The molecule has 4 aromatic rings. The van der Waals surface area contributed by atoms with E-state index in [2.05, 4.69) is 28.1 Å². The van der Waals surface area contributed by atoms with E-state index in [4.69, 9.17) is 32.9 Å². The first-order chi connectivity index (χ1) is 14.1. The molecule has 2 atom stereocenters. The van der Waals surface area contributed by atoms with Gasteiger partial charge in [-0.25, -0.2) is 4.98 Å². The van der Waals surface area contributed by atoms with Crippen LogP contribution in [0, 0.1) is 0 Å². The summed E-state index contributed by atoms with van der Waals surface area (Å²) in [7, 11) is 1.68. The van der Waals surface area contributed by atoms with Gasteiger partial charge in [-0.3, -0.25) is 0 Å². The fourth-order valence-electron chi connectivity index (χ4n) is 4.06. The van der Waals surface area contributed by atoms with E-state index in [1.807, 2.05) is 48.5 Å². The van der Waals surface area contributed by atoms with Gasteiger partial charge in [-0.05, 0) is 53.9 Å². The third-order valence-electron chi connectivity index (χ3n) is 5.52. The van der Waals surface area contributed by atoms with Crippen LogP contribution < -0.4 is 10.1 Å². The van der Waals surface area contributed by atoms with E-state index in [1.54, 1.807) is 7.11 Å². The second-order valence-corrected chi connectivity index (χ2v) is 8.00. The summed E-state index contributed by atoms with van der Waals surface area (Å²) >= 11 is 12.4. The zero-order chi connectivity index (χ0) is 20.0. The maximum atomic E-state index is 6.29. The molecule has 0 radical (unpaired) electrons. The second-order valence-electron chi connectivity index (χ2n) is 7.19. The first-order valence-corrected chi connectivity index (χ1v) is 10.2. The van der Waals surface area contributed by atoms with Crippen molar-refractivity contribution < 1.29 is 4.74 Å². The van der Waals surface area contributed by atoms with Crippen LogP contribution in [0.2, 0.25) is 10.0 Å². The van der Waals surface area contributed by atoms with Gasteiger partial charge in [0.15, 0.2) is 0 Å². The van der Waals surface area contributed by atoms with Crippen molar-refractivity contribution >= 4 is 40.2 Å². The highest BCUT2D eigenvalue weighted by Gasteiger charge is 2.31. The summed E-state index contributed by atoms with van der Waals surface area (Å²) in [6.07, 6.45) is 0.859. The lowest BCUT2D eigenvalue weighted by Gasteiger charge is -2.33. The summed E-state index contributed by atoms with van der Waals surface area (Å²) < 4.78 is 7.62. The molecule has 1 aliphatic heterocycles. The quantitative estimate of drug-likeness (QED) is 0.408. The smallest absolute Gasteiger partial charge is 0.204 e. The fraction of sp³-hybridized carbons (Fsp3) is 0.174. The number of aromatic nitrogens is 2. The Hall–Kier alpha value is -2.69. The van der Waals surface area contributed by atoms with Gasteiger partial charge in [0.25, 0.3) is 0 Å². The van der Waals surface area contributed by atoms with E-state index in [-0.39, 0.29) is 12.1 Å². The normalized spacial score (nSPS) is 18.3. The van der Waals surface area contributed by atoms with E-state index in [0.29, 0.717) is 10.0 Å². The number of imidazole rings is 1. The molecule has 0 bridgehead atoms. The minimum absolute atomic E-state index is 0.0705. The summed E-state index contributed by atoms with van der Waals surface area (Å²) in [5.41, 5.74) is 4.39. The Morgan fingerprint density at radius 2 is 1.72 bits per heavy atom. The minimum atomic E-state index is 0.0705. The molecule has 146 valence electrons. The maximum absolute atomic E-state index is 6.29. The molecule has 0 fully saturated rings. The van der Waals surface area contributed by atoms with Crippen molar-refractivity contribution in [3.8, 4) is 5.75 Å². The monoisotopic (exact) mass is 423 g/mol. The molecule has 2 heterocycles. The van der Waals surface area contributed by atoms with Gasteiger partial charge >= 0.3 is 0 Å². The average molecular weight is 424 g/mol. The van der Waals surface area contributed by atoms with Crippen LogP contribution in [0.15, 0.2) is 66.7 Å². The number of hydrogen-bond donors (Lipinski definition) is 1. The molecule has 3 aromatic carbocycles. The van der Waals surface area contributed by atoms with E-state index >= 15 is 0 Å². The highest BCUT2D eigenvalue weighted by molar-refractivity contribution is 6.42. The molecule has 6 heteroatoms. The summed E-state index contributed by atoms with van der Waals surface area (Å²) in [6.45, 7) is 0. The van der Waals surface area contributed by atoms with Crippen LogP contribution in [0.25, 0.3) is 11.0 Å². The Morgan fingerprint density at radius 3 is 2.48 bits per heavy atom. The van der Waals surface area contributed by atoms with Crippen molar-refractivity contribution in [3.63, 3.8) is 0 Å². The topological polar surface area (TPSA) is 39.1 Å². The number of benzene rings is 3. The number of hydrogen-bond acceptors (Lipinski definition) is 3. The summed E-state index contributed by atoms with van der Waals surface area (Å²) in [5, 5.41) is 4.72. The first-order valence-electron chi connectivity index (χ1n) is 9.46.